The SMILES string of the molecule is COC(=O)CC[C@H](NC(=O)c1ccoc1C)C(=O)O. The lowest BCUT2D eigenvalue weighted by Crippen LogP contribution is -2.41. The van der Waals surface area contributed by atoms with Crippen LogP contribution >= 0.6 is 0 Å². The van der Waals surface area contributed by atoms with Gasteiger partial charge in [-0.15, -0.1) is 0 Å². The van der Waals surface area contributed by atoms with E-state index >= 15 is 0 Å². The summed E-state index contributed by atoms with van der Waals surface area (Å²) in [5.74, 6) is -1.89. The van der Waals surface area contributed by atoms with Crippen LogP contribution in [0.4, 0.5) is 0 Å². The number of aliphatic carboxylic acids is 1. The molecule has 7 heteroatoms. The second-order valence-corrected chi connectivity index (χ2v) is 3.87. The number of carbonyl (C=O) groups excluding carboxylic acids is 2. The summed E-state index contributed by atoms with van der Waals surface area (Å²) in [4.78, 5) is 33.8. The molecule has 0 unspecified atom stereocenters. The third kappa shape index (κ3) is 4.13. The van der Waals surface area contributed by atoms with Crippen molar-refractivity contribution in [3.8, 4) is 0 Å². The Bertz CT molecular complexity index is 478. The Morgan fingerprint density at radius 3 is 2.63 bits per heavy atom. The van der Waals surface area contributed by atoms with E-state index in [1.54, 1.807) is 6.92 Å². The molecule has 1 heterocycles. The normalized spacial score (nSPS) is 11.7. The zero-order chi connectivity index (χ0) is 14.4. The van der Waals surface area contributed by atoms with E-state index in [-0.39, 0.29) is 18.4 Å². The van der Waals surface area contributed by atoms with Crippen molar-refractivity contribution in [1.82, 2.24) is 5.32 Å². The van der Waals surface area contributed by atoms with Gasteiger partial charge < -0.3 is 19.6 Å². The van der Waals surface area contributed by atoms with E-state index in [1.807, 2.05) is 0 Å². The maximum Gasteiger partial charge on any atom is 0.326 e. The van der Waals surface area contributed by atoms with E-state index in [0.29, 0.717) is 5.76 Å². The lowest BCUT2D eigenvalue weighted by atomic mass is 10.1. The van der Waals surface area contributed by atoms with Crippen molar-refractivity contribution in [2.24, 2.45) is 0 Å². The zero-order valence-corrected chi connectivity index (χ0v) is 10.6. The highest BCUT2D eigenvalue weighted by Gasteiger charge is 2.23. The number of aryl methyl sites for hydroxylation is 1. The third-order valence-electron chi connectivity index (χ3n) is 2.57. The topological polar surface area (TPSA) is 106 Å². The molecule has 0 saturated carbocycles. The number of carbonyl (C=O) groups is 3. The molecule has 1 amide bonds. The Kier molecular flexibility index (Phi) is 5.11. The van der Waals surface area contributed by atoms with Gasteiger partial charge in [0.15, 0.2) is 0 Å². The quantitative estimate of drug-likeness (QED) is 0.737. The number of ether oxygens (including phenoxy) is 1. The van der Waals surface area contributed by atoms with E-state index in [2.05, 4.69) is 10.1 Å². The number of carboxylic acids is 1. The molecule has 0 fully saturated rings. The van der Waals surface area contributed by atoms with Gasteiger partial charge in [0.1, 0.15) is 11.8 Å². The first-order chi connectivity index (χ1) is 8.95. The van der Waals surface area contributed by atoms with Gasteiger partial charge in [0.05, 0.1) is 18.9 Å². The van der Waals surface area contributed by atoms with Gasteiger partial charge in [-0.25, -0.2) is 4.79 Å². The van der Waals surface area contributed by atoms with Crippen molar-refractivity contribution in [2.45, 2.75) is 25.8 Å². The highest BCUT2D eigenvalue weighted by molar-refractivity contribution is 5.97. The minimum atomic E-state index is -1.21. The number of methoxy groups -OCH3 is 1. The van der Waals surface area contributed by atoms with Gasteiger partial charge in [0, 0.05) is 6.42 Å². The Hall–Kier alpha value is -2.31. The highest BCUT2D eigenvalue weighted by atomic mass is 16.5. The van der Waals surface area contributed by atoms with Crippen molar-refractivity contribution >= 4 is 17.8 Å². The van der Waals surface area contributed by atoms with Crippen molar-refractivity contribution in [1.29, 1.82) is 0 Å². The molecule has 1 rings (SSSR count). The first-order valence-electron chi connectivity index (χ1n) is 5.60. The number of esters is 1. The zero-order valence-electron chi connectivity index (χ0n) is 10.6. The molecule has 0 saturated heterocycles. The van der Waals surface area contributed by atoms with Gasteiger partial charge in [-0.1, -0.05) is 0 Å². The molecule has 104 valence electrons. The van der Waals surface area contributed by atoms with Crippen molar-refractivity contribution in [2.75, 3.05) is 7.11 Å². The number of hydrogen-bond donors (Lipinski definition) is 2. The van der Waals surface area contributed by atoms with Crippen LogP contribution in [0.3, 0.4) is 0 Å². The predicted octanol–water partition coefficient (Wildman–Crippen LogP) is 0.724. The van der Waals surface area contributed by atoms with Crippen LogP contribution in [-0.2, 0) is 14.3 Å². The molecule has 0 aliphatic heterocycles. The summed E-state index contributed by atoms with van der Waals surface area (Å²) in [6.45, 7) is 1.60. The van der Waals surface area contributed by atoms with Gasteiger partial charge in [-0.2, -0.15) is 0 Å². The van der Waals surface area contributed by atoms with Crippen molar-refractivity contribution in [3.05, 3.63) is 23.7 Å². The summed E-state index contributed by atoms with van der Waals surface area (Å²) in [6, 6.07) is 0.296. The predicted molar refractivity (Wildman–Crippen MR) is 63.6 cm³/mol. The summed E-state index contributed by atoms with van der Waals surface area (Å²) in [5.41, 5.74) is 0.268. The van der Waals surface area contributed by atoms with Gasteiger partial charge in [0.25, 0.3) is 5.91 Å². The van der Waals surface area contributed by atoms with Crippen LogP contribution in [0.1, 0.15) is 29.0 Å². The van der Waals surface area contributed by atoms with Crippen LogP contribution in [0.2, 0.25) is 0 Å². The lowest BCUT2D eigenvalue weighted by molar-refractivity contribution is -0.142. The second kappa shape index (κ2) is 6.58. The Labute approximate surface area is 109 Å². The largest absolute Gasteiger partial charge is 0.480 e. The monoisotopic (exact) mass is 269 g/mol. The first-order valence-corrected chi connectivity index (χ1v) is 5.60. The summed E-state index contributed by atoms with van der Waals surface area (Å²) in [5, 5.41) is 11.3. The summed E-state index contributed by atoms with van der Waals surface area (Å²) in [7, 11) is 1.21. The van der Waals surface area contributed by atoms with Crippen LogP contribution in [0, 0.1) is 6.92 Å². The number of amides is 1. The maximum absolute atomic E-state index is 11.8. The smallest absolute Gasteiger partial charge is 0.326 e. The Morgan fingerprint density at radius 2 is 2.16 bits per heavy atom. The second-order valence-electron chi connectivity index (χ2n) is 3.87. The standard InChI is InChI=1S/C12H15NO6/c1-7-8(5-6-19-7)11(15)13-9(12(16)17)3-4-10(14)18-2/h5-6,9H,3-4H2,1-2H3,(H,13,15)(H,16,17)/t9-/m0/s1. The van der Waals surface area contributed by atoms with Gasteiger partial charge in [0.2, 0.25) is 0 Å². The van der Waals surface area contributed by atoms with Gasteiger partial charge >= 0.3 is 11.9 Å². The molecular weight excluding hydrogens is 254 g/mol. The van der Waals surface area contributed by atoms with E-state index < -0.39 is 23.9 Å². The van der Waals surface area contributed by atoms with Crippen LogP contribution in [0.15, 0.2) is 16.7 Å². The fraction of sp³-hybridized carbons (Fsp3) is 0.417. The fourth-order valence-corrected chi connectivity index (χ4v) is 1.48. The number of nitrogens with one attached hydrogen (secondary N) is 1. The number of rotatable bonds is 6. The maximum atomic E-state index is 11.8. The summed E-state index contributed by atoms with van der Waals surface area (Å²) >= 11 is 0. The summed E-state index contributed by atoms with van der Waals surface area (Å²) < 4.78 is 9.38. The van der Waals surface area contributed by atoms with Gasteiger partial charge in [-0.05, 0) is 19.4 Å². The average Bonchev–Trinajstić information content (AvgIpc) is 2.79. The van der Waals surface area contributed by atoms with E-state index in [0.717, 1.165) is 0 Å². The van der Waals surface area contributed by atoms with Crippen LogP contribution < -0.4 is 5.32 Å². The minimum Gasteiger partial charge on any atom is -0.480 e. The molecule has 0 aliphatic rings. The molecule has 1 aromatic rings. The van der Waals surface area contributed by atoms with Crippen LogP contribution in [0.5, 0.6) is 0 Å². The molecule has 7 nitrogen and oxygen atoms in total. The lowest BCUT2D eigenvalue weighted by Gasteiger charge is -2.13. The molecule has 0 aromatic carbocycles. The number of hydrogen-bond acceptors (Lipinski definition) is 5. The van der Waals surface area contributed by atoms with E-state index in [1.165, 1.54) is 19.4 Å². The molecular formula is C12H15NO6. The first kappa shape index (κ1) is 14.7. The highest BCUT2D eigenvalue weighted by Crippen LogP contribution is 2.09. The molecule has 19 heavy (non-hydrogen) atoms. The number of carboxylic acid groups (broad SMARTS) is 1. The molecule has 0 bridgehead atoms. The fourth-order valence-electron chi connectivity index (χ4n) is 1.48. The minimum absolute atomic E-state index is 0.0371. The van der Waals surface area contributed by atoms with Gasteiger partial charge in [-0.3, -0.25) is 9.59 Å². The van der Waals surface area contributed by atoms with E-state index in [4.69, 9.17) is 9.52 Å². The van der Waals surface area contributed by atoms with Crippen LogP contribution in [0.25, 0.3) is 0 Å². The summed E-state index contributed by atoms with van der Waals surface area (Å²) in [6.07, 6.45) is 1.22. The van der Waals surface area contributed by atoms with E-state index in [9.17, 15) is 14.4 Å². The molecule has 0 aliphatic carbocycles. The van der Waals surface area contributed by atoms with Crippen molar-refractivity contribution < 1.29 is 28.6 Å². The molecule has 2 N–H and O–H groups in total. The number of furan rings is 1. The molecule has 0 radical (unpaired) electrons. The molecule has 1 aromatic heterocycles. The van der Waals surface area contributed by atoms with Crippen molar-refractivity contribution in [3.63, 3.8) is 0 Å². The average molecular weight is 269 g/mol. The molecule has 0 spiro atoms. The Morgan fingerprint density at radius 1 is 1.47 bits per heavy atom. The third-order valence-corrected chi connectivity index (χ3v) is 2.57. The Balaban J connectivity index is 2.64. The molecule has 1 atom stereocenters. The van der Waals surface area contributed by atoms with Crippen LogP contribution in [-0.4, -0.2) is 36.1 Å².